The molecule has 4 nitrogen and oxygen atoms in total. The first kappa shape index (κ1) is 13.5. The molecule has 1 atom stereocenters. The molecule has 1 unspecified atom stereocenters. The zero-order valence-electron chi connectivity index (χ0n) is 11.0. The van der Waals surface area contributed by atoms with E-state index < -0.39 is 0 Å². The van der Waals surface area contributed by atoms with Gasteiger partial charge in [0.2, 0.25) is 0 Å². The molecule has 4 heteroatoms. The fraction of sp³-hybridized carbons (Fsp3) is 0.267. The standard InChI is InChI=1S/C15H19N3O/c1-19-14-7-4-12(5-8-14)6-9-15(18-16)13-3-2-10-17-11-13/h2-5,7-8,10-11,15,18H,6,9,16H2,1H3. The third-order valence-electron chi connectivity index (χ3n) is 3.17. The number of aryl methyl sites for hydroxylation is 1. The van der Waals surface area contributed by atoms with Crippen molar-refractivity contribution in [3.8, 4) is 5.75 Å². The Bertz CT molecular complexity index is 485. The van der Waals surface area contributed by atoms with Crippen molar-refractivity contribution in [2.45, 2.75) is 18.9 Å². The van der Waals surface area contributed by atoms with Gasteiger partial charge in [-0.3, -0.25) is 16.3 Å². The van der Waals surface area contributed by atoms with Gasteiger partial charge in [0.25, 0.3) is 0 Å². The Labute approximate surface area is 113 Å². The molecule has 0 radical (unpaired) electrons. The molecular formula is C15H19N3O. The number of ether oxygens (including phenoxy) is 1. The number of hydrazine groups is 1. The van der Waals surface area contributed by atoms with E-state index in [1.807, 2.05) is 30.5 Å². The van der Waals surface area contributed by atoms with E-state index in [1.54, 1.807) is 13.3 Å². The quantitative estimate of drug-likeness (QED) is 0.615. The van der Waals surface area contributed by atoms with E-state index in [2.05, 4.69) is 22.5 Å². The number of hydrogen-bond acceptors (Lipinski definition) is 4. The van der Waals surface area contributed by atoms with Gasteiger partial charge < -0.3 is 4.74 Å². The van der Waals surface area contributed by atoms with Crippen LogP contribution in [-0.4, -0.2) is 12.1 Å². The van der Waals surface area contributed by atoms with Gasteiger partial charge in [0.05, 0.1) is 7.11 Å². The third kappa shape index (κ3) is 3.77. The van der Waals surface area contributed by atoms with Crippen LogP contribution in [0.25, 0.3) is 0 Å². The molecule has 0 spiro atoms. The summed E-state index contributed by atoms with van der Waals surface area (Å²) in [5, 5.41) is 0. The Balaban J connectivity index is 1.96. The lowest BCUT2D eigenvalue weighted by molar-refractivity contribution is 0.414. The van der Waals surface area contributed by atoms with Crippen molar-refractivity contribution < 1.29 is 4.74 Å². The molecule has 2 rings (SSSR count). The fourth-order valence-corrected chi connectivity index (χ4v) is 2.03. The first-order valence-corrected chi connectivity index (χ1v) is 6.32. The van der Waals surface area contributed by atoms with Crippen LogP contribution in [-0.2, 0) is 6.42 Å². The Kier molecular flexibility index (Phi) is 4.89. The van der Waals surface area contributed by atoms with E-state index in [1.165, 1.54) is 5.56 Å². The second-order valence-electron chi connectivity index (χ2n) is 4.39. The van der Waals surface area contributed by atoms with Gasteiger partial charge in [0, 0.05) is 18.4 Å². The number of nitrogens with one attached hydrogen (secondary N) is 1. The third-order valence-corrected chi connectivity index (χ3v) is 3.17. The first-order chi connectivity index (χ1) is 9.33. The second-order valence-corrected chi connectivity index (χ2v) is 4.39. The molecule has 0 bridgehead atoms. The highest BCUT2D eigenvalue weighted by atomic mass is 16.5. The number of hydrogen-bond donors (Lipinski definition) is 2. The first-order valence-electron chi connectivity index (χ1n) is 6.32. The van der Waals surface area contributed by atoms with Crippen molar-refractivity contribution in [2.24, 2.45) is 5.84 Å². The Morgan fingerprint density at radius 3 is 2.63 bits per heavy atom. The summed E-state index contributed by atoms with van der Waals surface area (Å²) in [4.78, 5) is 4.12. The summed E-state index contributed by atoms with van der Waals surface area (Å²) in [7, 11) is 1.67. The zero-order valence-corrected chi connectivity index (χ0v) is 11.0. The smallest absolute Gasteiger partial charge is 0.118 e. The van der Waals surface area contributed by atoms with Gasteiger partial charge >= 0.3 is 0 Å². The molecule has 1 aromatic carbocycles. The van der Waals surface area contributed by atoms with Gasteiger partial charge in [-0.25, -0.2) is 0 Å². The van der Waals surface area contributed by atoms with Crippen molar-refractivity contribution in [2.75, 3.05) is 7.11 Å². The Morgan fingerprint density at radius 2 is 2.05 bits per heavy atom. The molecule has 2 aromatic rings. The van der Waals surface area contributed by atoms with E-state index in [9.17, 15) is 0 Å². The summed E-state index contributed by atoms with van der Waals surface area (Å²) in [5.41, 5.74) is 5.22. The lowest BCUT2D eigenvalue weighted by Gasteiger charge is -2.15. The second kappa shape index (κ2) is 6.87. The van der Waals surface area contributed by atoms with Gasteiger partial charge in [-0.15, -0.1) is 0 Å². The summed E-state index contributed by atoms with van der Waals surface area (Å²) in [6.45, 7) is 0. The van der Waals surface area contributed by atoms with Gasteiger partial charge in [-0.2, -0.15) is 0 Å². The summed E-state index contributed by atoms with van der Waals surface area (Å²) >= 11 is 0. The number of rotatable bonds is 6. The van der Waals surface area contributed by atoms with E-state index in [0.29, 0.717) is 0 Å². The van der Waals surface area contributed by atoms with Gasteiger partial charge in [0.1, 0.15) is 5.75 Å². The van der Waals surface area contributed by atoms with E-state index in [0.717, 1.165) is 24.2 Å². The van der Waals surface area contributed by atoms with Crippen molar-refractivity contribution in [3.05, 3.63) is 59.9 Å². The van der Waals surface area contributed by atoms with Crippen LogP contribution in [0.4, 0.5) is 0 Å². The molecule has 1 aromatic heterocycles. The van der Waals surface area contributed by atoms with Crippen LogP contribution in [0.15, 0.2) is 48.8 Å². The summed E-state index contributed by atoms with van der Waals surface area (Å²) in [5.74, 6) is 6.50. The summed E-state index contributed by atoms with van der Waals surface area (Å²) in [6, 6.07) is 12.2. The molecule has 1 heterocycles. The maximum Gasteiger partial charge on any atom is 0.118 e. The van der Waals surface area contributed by atoms with Crippen LogP contribution in [0.1, 0.15) is 23.6 Å². The van der Waals surface area contributed by atoms with Crippen molar-refractivity contribution in [1.29, 1.82) is 0 Å². The van der Waals surface area contributed by atoms with Gasteiger partial charge in [-0.1, -0.05) is 18.2 Å². The Hall–Kier alpha value is -1.91. The minimum absolute atomic E-state index is 0.121. The average molecular weight is 257 g/mol. The highest BCUT2D eigenvalue weighted by molar-refractivity contribution is 5.27. The lowest BCUT2D eigenvalue weighted by Crippen LogP contribution is -2.28. The number of nitrogens with zero attached hydrogens (tertiary/aromatic N) is 1. The molecule has 0 amide bonds. The molecule has 0 saturated heterocycles. The molecular weight excluding hydrogens is 238 g/mol. The van der Waals surface area contributed by atoms with Crippen LogP contribution in [0, 0.1) is 0 Å². The topological polar surface area (TPSA) is 60.2 Å². The minimum Gasteiger partial charge on any atom is -0.497 e. The molecule has 0 aliphatic rings. The van der Waals surface area contributed by atoms with Crippen LogP contribution < -0.4 is 16.0 Å². The van der Waals surface area contributed by atoms with Crippen LogP contribution in [0.5, 0.6) is 5.75 Å². The predicted molar refractivity (Wildman–Crippen MR) is 75.6 cm³/mol. The van der Waals surface area contributed by atoms with E-state index in [-0.39, 0.29) is 6.04 Å². The monoisotopic (exact) mass is 257 g/mol. The van der Waals surface area contributed by atoms with Crippen molar-refractivity contribution in [3.63, 3.8) is 0 Å². The average Bonchev–Trinajstić information content (AvgIpc) is 2.49. The number of methoxy groups -OCH3 is 1. The maximum absolute atomic E-state index is 5.62. The van der Waals surface area contributed by atoms with Crippen molar-refractivity contribution in [1.82, 2.24) is 10.4 Å². The molecule has 0 saturated carbocycles. The SMILES string of the molecule is COc1ccc(CCC(NN)c2cccnc2)cc1. The van der Waals surface area contributed by atoms with E-state index in [4.69, 9.17) is 10.6 Å². The number of aromatic nitrogens is 1. The number of pyridine rings is 1. The highest BCUT2D eigenvalue weighted by Gasteiger charge is 2.09. The van der Waals surface area contributed by atoms with Crippen molar-refractivity contribution >= 4 is 0 Å². The van der Waals surface area contributed by atoms with Crippen LogP contribution in [0.2, 0.25) is 0 Å². The van der Waals surface area contributed by atoms with E-state index >= 15 is 0 Å². The van der Waals surface area contributed by atoms with Crippen LogP contribution >= 0.6 is 0 Å². The van der Waals surface area contributed by atoms with Gasteiger partial charge in [-0.05, 0) is 42.2 Å². The molecule has 0 aliphatic heterocycles. The van der Waals surface area contributed by atoms with Gasteiger partial charge in [0.15, 0.2) is 0 Å². The lowest BCUT2D eigenvalue weighted by atomic mass is 10.0. The summed E-state index contributed by atoms with van der Waals surface area (Å²) in [6.07, 6.45) is 5.49. The molecule has 19 heavy (non-hydrogen) atoms. The largest absolute Gasteiger partial charge is 0.497 e. The predicted octanol–water partition coefficient (Wildman–Crippen LogP) is 2.23. The molecule has 100 valence electrons. The highest BCUT2D eigenvalue weighted by Crippen LogP contribution is 2.19. The molecule has 0 fully saturated rings. The normalized spacial score (nSPS) is 12.1. The summed E-state index contributed by atoms with van der Waals surface area (Å²) < 4.78 is 5.14. The number of benzene rings is 1. The molecule has 0 aliphatic carbocycles. The minimum atomic E-state index is 0.121. The Morgan fingerprint density at radius 1 is 1.26 bits per heavy atom. The number of nitrogens with two attached hydrogens (primary N) is 1. The maximum atomic E-state index is 5.62. The fourth-order valence-electron chi connectivity index (χ4n) is 2.03. The zero-order chi connectivity index (χ0) is 13.5. The molecule has 3 N–H and O–H groups in total. The van der Waals surface area contributed by atoms with Crippen LogP contribution in [0.3, 0.4) is 0 Å².